The molecule has 1 aliphatic heterocycles. The fourth-order valence-corrected chi connectivity index (χ4v) is 2.52. The SMILES string of the molecule is CCOCCCN1CCCCC1CNC(C)(C)C. The second-order valence-electron chi connectivity index (χ2n) is 6.37. The lowest BCUT2D eigenvalue weighted by Gasteiger charge is -2.37. The van der Waals surface area contributed by atoms with Crippen LogP contribution in [0.25, 0.3) is 0 Å². The fraction of sp³-hybridized carbons (Fsp3) is 1.00. The van der Waals surface area contributed by atoms with Crippen LogP contribution in [-0.2, 0) is 4.74 Å². The standard InChI is InChI=1S/C15H32N2O/c1-5-18-12-8-11-17-10-7-6-9-14(17)13-16-15(2,3)4/h14,16H,5-13H2,1-4H3. The van der Waals surface area contributed by atoms with Gasteiger partial charge in [0, 0.05) is 37.9 Å². The van der Waals surface area contributed by atoms with E-state index in [1.54, 1.807) is 0 Å². The van der Waals surface area contributed by atoms with Crippen molar-refractivity contribution in [2.24, 2.45) is 0 Å². The lowest BCUT2D eigenvalue weighted by Crippen LogP contribution is -2.49. The second kappa shape index (κ2) is 8.13. The van der Waals surface area contributed by atoms with Crippen LogP contribution in [-0.4, -0.2) is 49.3 Å². The first-order valence-corrected chi connectivity index (χ1v) is 7.60. The summed E-state index contributed by atoms with van der Waals surface area (Å²) in [5.74, 6) is 0. The minimum absolute atomic E-state index is 0.231. The molecule has 0 amide bonds. The summed E-state index contributed by atoms with van der Waals surface area (Å²) in [4.78, 5) is 2.65. The minimum Gasteiger partial charge on any atom is -0.382 e. The number of nitrogens with one attached hydrogen (secondary N) is 1. The van der Waals surface area contributed by atoms with Gasteiger partial charge in [-0.2, -0.15) is 0 Å². The first-order valence-electron chi connectivity index (χ1n) is 7.60. The van der Waals surface area contributed by atoms with Crippen LogP contribution in [0.15, 0.2) is 0 Å². The van der Waals surface area contributed by atoms with Gasteiger partial charge in [-0.1, -0.05) is 6.42 Å². The Kier molecular flexibility index (Phi) is 7.20. The monoisotopic (exact) mass is 256 g/mol. The summed E-state index contributed by atoms with van der Waals surface area (Å²) in [5.41, 5.74) is 0.231. The molecule has 1 N–H and O–H groups in total. The highest BCUT2D eigenvalue weighted by Crippen LogP contribution is 2.17. The molecule has 0 radical (unpaired) electrons. The van der Waals surface area contributed by atoms with Crippen molar-refractivity contribution < 1.29 is 4.74 Å². The molecule has 0 aliphatic carbocycles. The summed E-state index contributed by atoms with van der Waals surface area (Å²) in [6.45, 7) is 14.1. The molecular weight excluding hydrogens is 224 g/mol. The van der Waals surface area contributed by atoms with E-state index >= 15 is 0 Å². The van der Waals surface area contributed by atoms with E-state index < -0.39 is 0 Å². The lowest BCUT2D eigenvalue weighted by molar-refractivity contribution is 0.102. The molecule has 0 saturated carbocycles. The van der Waals surface area contributed by atoms with E-state index in [1.807, 2.05) is 0 Å². The molecule has 1 atom stereocenters. The molecule has 1 fully saturated rings. The Bertz CT molecular complexity index is 213. The van der Waals surface area contributed by atoms with Gasteiger partial charge >= 0.3 is 0 Å². The van der Waals surface area contributed by atoms with Gasteiger partial charge in [0.1, 0.15) is 0 Å². The number of ether oxygens (including phenoxy) is 1. The summed E-state index contributed by atoms with van der Waals surface area (Å²) in [5, 5.41) is 3.65. The highest BCUT2D eigenvalue weighted by atomic mass is 16.5. The van der Waals surface area contributed by atoms with Crippen LogP contribution in [0, 0.1) is 0 Å². The summed E-state index contributed by atoms with van der Waals surface area (Å²) in [7, 11) is 0. The number of rotatable bonds is 7. The zero-order valence-electron chi connectivity index (χ0n) is 12.8. The van der Waals surface area contributed by atoms with Crippen LogP contribution in [0.1, 0.15) is 53.4 Å². The Morgan fingerprint density at radius 2 is 2.06 bits per heavy atom. The Morgan fingerprint density at radius 3 is 2.72 bits per heavy atom. The van der Waals surface area contributed by atoms with Gasteiger partial charge in [-0.3, -0.25) is 4.90 Å². The summed E-state index contributed by atoms with van der Waals surface area (Å²) >= 11 is 0. The Labute approximate surface area is 113 Å². The highest BCUT2D eigenvalue weighted by molar-refractivity contribution is 4.82. The molecule has 1 unspecified atom stereocenters. The summed E-state index contributed by atoms with van der Waals surface area (Å²) in [6, 6.07) is 0.722. The molecule has 3 heteroatoms. The van der Waals surface area contributed by atoms with Crippen LogP contribution in [0.5, 0.6) is 0 Å². The number of piperidine rings is 1. The van der Waals surface area contributed by atoms with E-state index in [2.05, 4.69) is 37.9 Å². The maximum Gasteiger partial charge on any atom is 0.0478 e. The van der Waals surface area contributed by atoms with E-state index in [-0.39, 0.29) is 5.54 Å². The fourth-order valence-electron chi connectivity index (χ4n) is 2.52. The molecule has 0 aromatic heterocycles. The van der Waals surface area contributed by atoms with Crippen molar-refractivity contribution in [3.8, 4) is 0 Å². The molecule has 0 spiro atoms. The van der Waals surface area contributed by atoms with Crippen LogP contribution in [0.2, 0.25) is 0 Å². The number of hydrogen-bond donors (Lipinski definition) is 1. The summed E-state index contributed by atoms with van der Waals surface area (Å²) < 4.78 is 5.43. The third kappa shape index (κ3) is 6.72. The van der Waals surface area contributed by atoms with Gasteiger partial charge in [-0.15, -0.1) is 0 Å². The van der Waals surface area contributed by atoms with Gasteiger partial charge in [0.2, 0.25) is 0 Å². The predicted molar refractivity (Wildman–Crippen MR) is 78.1 cm³/mol. The van der Waals surface area contributed by atoms with Gasteiger partial charge in [0.25, 0.3) is 0 Å². The molecule has 3 nitrogen and oxygen atoms in total. The van der Waals surface area contributed by atoms with Crippen LogP contribution in [0.4, 0.5) is 0 Å². The first kappa shape index (κ1) is 15.9. The van der Waals surface area contributed by atoms with Gasteiger partial charge in [-0.25, -0.2) is 0 Å². The Balaban J connectivity index is 2.28. The molecule has 18 heavy (non-hydrogen) atoms. The van der Waals surface area contributed by atoms with Gasteiger partial charge in [-0.05, 0) is 53.5 Å². The highest BCUT2D eigenvalue weighted by Gasteiger charge is 2.23. The molecule has 1 saturated heterocycles. The lowest BCUT2D eigenvalue weighted by atomic mass is 10.0. The normalized spacial score (nSPS) is 22.3. The van der Waals surface area contributed by atoms with Crippen molar-refractivity contribution in [2.75, 3.05) is 32.8 Å². The Hall–Kier alpha value is -0.120. The molecule has 1 rings (SSSR count). The maximum atomic E-state index is 5.43. The van der Waals surface area contributed by atoms with E-state index in [1.165, 1.54) is 38.8 Å². The smallest absolute Gasteiger partial charge is 0.0478 e. The topological polar surface area (TPSA) is 24.5 Å². The number of nitrogens with zero attached hydrogens (tertiary/aromatic N) is 1. The van der Waals surface area contributed by atoms with Crippen molar-refractivity contribution in [2.45, 2.75) is 65.0 Å². The van der Waals surface area contributed by atoms with Gasteiger partial charge < -0.3 is 10.1 Å². The molecule has 1 aliphatic rings. The van der Waals surface area contributed by atoms with Crippen LogP contribution < -0.4 is 5.32 Å². The third-order valence-corrected chi connectivity index (χ3v) is 3.56. The maximum absolute atomic E-state index is 5.43. The van der Waals surface area contributed by atoms with E-state index in [0.717, 1.165) is 25.8 Å². The number of hydrogen-bond acceptors (Lipinski definition) is 3. The molecule has 0 aromatic carbocycles. The van der Waals surface area contributed by atoms with E-state index in [9.17, 15) is 0 Å². The zero-order chi connectivity index (χ0) is 13.4. The largest absolute Gasteiger partial charge is 0.382 e. The van der Waals surface area contributed by atoms with E-state index in [4.69, 9.17) is 4.74 Å². The van der Waals surface area contributed by atoms with Crippen molar-refractivity contribution in [3.63, 3.8) is 0 Å². The third-order valence-electron chi connectivity index (χ3n) is 3.56. The van der Waals surface area contributed by atoms with Gasteiger partial charge in [0.15, 0.2) is 0 Å². The van der Waals surface area contributed by atoms with Crippen molar-refractivity contribution in [3.05, 3.63) is 0 Å². The molecule has 1 heterocycles. The molecule has 0 aromatic rings. The molecular formula is C15H32N2O. The van der Waals surface area contributed by atoms with Gasteiger partial charge in [0.05, 0.1) is 0 Å². The van der Waals surface area contributed by atoms with E-state index in [0.29, 0.717) is 0 Å². The van der Waals surface area contributed by atoms with Crippen molar-refractivity contribution in [1.82, 2.24) is 10.2 Å². The zero-order valence-corrected chi connectivity index (χ0v) is 12.8. The summed E-state index contributed by atoms with van der Waals surface area (Å²) in [6.07, 6.45) is 5.26. The minimum atomic E-state index is 0.231. The quantitative estimate of drug-likeness (QED) is 0.709. The Morgan fingerprint density at radius 1 is 1.28 bits per heavy atom. The number of likely N-dealkylation sites (tertiary alicyclic amines) is 1. The van der Waals surface area contributed by atoms with Crippen molar-refractivity contribution in [1.29, 1.82) is 0 Å². The second-order valence-corrected chi connectivity index (χ2v) is 6.37. The van der Waals surface area contributed by atoms with Crippen LogP contribution in [0.3, 0.4) is 0 Å². The average molecular weight is 256 g/mol. The molecule has 108 valence electrons. The van der Waals surface area contributed by atoms with Crippen LogP contribution >= 0.6 is 0 Å². The molecule has 0 bridgehead atoms. The van der Waals surface area contributed by atoms with Crippen molar-refractivity contribution >= 4 is 0 Å². The first-order chi connectivity index (χ1) is 8.53. The average Bonchev–Trinajstić information content (AvgIpc) is 2.32. The predicted octanol–water partition coefficient (Wildman–Crippen LogP) is 2.66.